The molecule has 0 fully saturated rings. The normalized spacial score (nSPS) is 15.2. The quantitative estimate of drug-likeness (QED) is 0.0824. The van der Waals surface area contributed by atoms with Crippen LogP contribution in [0.15, 0.2) is 0 Å². The lowest BCUT2D eigenvalue weighted by Gasteiger charge is -2.41. The first-order valence-corrected chi connectivity index (χ1v) is 18.2. The molecule has 0 amide bonds. The Bertz CT molecular complexity index is 435. The maximum absolute atomic E-state index is 7.20. The molecule has 0 aliphatic rings. The maximum Gasteiger partial charge on any atom is 0.0732 e. The van der Waals surface area contributed by atoms with Gasteiger partial charge in [-0.15, -0.1) is 0 Å². The number of rotatable bonds is 30. The highest BCUT2D eigenvalue weighted by molar-refractivity contribution is 4.85. The van der Waals surface area contributed by atoms with Crippen LogP contribution in [-0.4, -0.2) is 60.3 Å². The first-order valence-electron chi connectivity index (χ1n) is 18.2. The van der Waals surface area contributed by atoms with Crippen LogP contribution in [0.4, 0.5) is 0 Å². The van der Waals surface area contributed by atoms with E-state index in [1.165, 1.54) is 116 Å². The third kappa shape index (κ3) is 18.1. The van der Waals surface area contributed by atoms with Crippen LogP contribution in [0.2, 0.25) is 0 Å². The highest BCUT2D eigenvalue weighted by atomic mass is 16.5. The third-order valence-corrected chi connectivity index (χ3v) is 9.28. The minimum absolute atomic E-state index is 0.344. The number of likely N-dealkylation sites (N-methyl/N-ethyl adjacent to an activating group) is 2. The maximum atomic E-state index is 7.20. The van der Waals surface area contributed by atoms with Gasteiger partial charge in [-0.05, 0) is 51.9 Å². The molecule has 0 aromatic carbocycles. The van der Waals surface area contributed by atoms with Crippen molar-refractivity contribution >= 4 is 0 Å². The van der Waals surface area contributed by atoms with E-state index in [1.54, 1.807) is 0 Å². The van der Waals surface area contributed by atoms with Crippen molar-refractivity contribution in [3.63, 3.8) is 0 Å². The summed E-state index contributed by atoms with van der Waals surface area (Å²) in [4.78, 5) is 5.40. The predicted octanol–water partition coefficient (Wildman–Crippen LogP) is 11.0. The second-order valence-corrected chi connectivity index (χ2v) is 12.1. The molecular formula is C36H76N2O. The van der Waals surface area contributed by atoms with Gasteiger partial charge in [0.05, 0.1) is 12.2 Å². The summed E-state index contributed by atoms with van der Waals surface area (Å²) >= 11 is 0. The van der Waals surface area contributed by atoms with Crippen molar-refractivity contribution in [3.8, 4) is 0 Å². The summed E-state index contributed by atoms with van der Waals surface area (Å²) in [5.41, 5.74) is 0. The fraction of sp³-hybridized carbons (Fsp3) is 1.00. The molecule has 236 valence electrons. The lowest BCUT2D eigenvalue weighted by atomic mass is 9.95. The van der Waals surface area contributed by atoms with Crippen LogP contribution in [0, 0.1) is 0 Å². The Balaban J connectivity index is 5.14. The monoisotopic (exact) mass is 553 g/mol. The highest BCUT2D eigenvalue weighted by Gasteiger charge is 2.32. The molecule has 0 aliphatic carbocycles. The molecule has 0 aromatic heterocycles. The van der Waals surface area contributed by atoms with E-state index in [0.717, 1.165) is 39.0 Å². The molecule has 4 atom stereocenters. The van der Waals surface area contributed by atoms with Gasteiger partial charge in [0.15, 0.2) is 0 Å². The van der Waals surface area contributed by atoms with Crippen molar-refractivity contribution in [2.45, 2.75) is 208 Å². The Hall–Kier alpha value is -0.120. The molecule has 3 heteroatoms. The zero-order valence-electron chi connectivity index (χ0n) is 28.6. The molecule has 0 aliphatic heterocycles. The van der Waals surface area contributed by atoms with Gasteiger partial charge in [-0.2, -0.15) is 0 Å². The van der Waals surface area contributed by atoms with Crippen molar-refractivity contribution in [2.75, 3.05) is 26.2 Å². The van der Waals surface area contributed by atoms with Gasteiger partial charge in [0, 0.05) is 12.1 Å². The van der Waals surface area contributed by atoms with E-state index < -0.39 is 0 Å². The lowest BCUT2D eigenvalue weighted by molar-refractivity contribution is -0.0948. The smallest absolute Gasteiger partial charge is 0.0732 e. The Morgan fingerprint density at radius 3 is 0.923 bits per heavy atom. The van der Waals surface area contributed by atoms with Crippen LogP contribution < -0.4 is 0 Å². The largest absolute Gasteiger partial charge is 0.372 e. The Labute approximate surface area is 248 Å². The first-order chi connectivity index (χ1) is 19.1. The van der Waals surface area contributed by atoms with E-state index in [-0.39, 0.29) is 0 Å². The molecule has 0 radical (unpaired) electrons. The first kappa shape index (κ1) is 38.9. The molecule has 0 bridgehead atoms. The van der Waals surface area contributed by atoms with Crippen LogP contribution in [0.3, 0.4) is 0 Å². The molecule has 3 nitrogen and oxygen atoms in total. The van der Waals surface area contributed by atoms with E-state index in [4.69, 9.17) is 4.74 Å². The Morgan fingerprint density at radius 2 is 0.667 bits per heavy atom. The fourth-order valence-corrected chi connectivity index (χ4v) is 6.71. The highest BCUT2D eigenvalue weighted by Crippen LogP contribution is 2.26. The van der Waals surface area contributed by atoms with Crippen molar-refractivity contribution in [2.24, 2.45) is 0 Å². The van der Waals surface area contributed by atoms with Crippen LogP contribution in [0.25, 0.3) is 0 Å². The van der Waals surface area contributed by atoms with Crippen molar-refractivity contribution in [1.29, 1.82) is 0 Å². The molecule has 0 spiro atoms. The van der Waals surface area contributed by atoms with Gasteiger partial charge in [-0.25, -0.2) is 0 Å². The zero-order valence-corrected chi connectivity index (χ0v) is 28.6. The van der Waals surface area contributed by atoms with Gasteiger partial charge in [0.25, 0.3) is 0 Å². The minimum Gasteiger partial charge on any atom is -0.372 e. The standard InChI is InChI=1S/C36H76N2O/c1-9-17-19-21-23-25-27-29-31-33(37(13-5)14-6)35(11-3)39-36(12-4)34(38(15-7)16-8)32-30-28-26-24-22-20-18-10-2/h33-36H,9-32H2,1-8H3. The molecule has 0 N–H and O–H groups in total. The Morgan fingerprint density at radius 1 is 0.385 bits per heavy atom. The predicted molar refractivity (Wildman–Crippen MR) is 177 cm³/mol. The van der Waals surface area contributed by atoms with Crippen molar-refractivity contribution in [3.05, 3.63) is 0 Å². The average Bonchev–Trinajstić information content (AvgIpc) is 2.96. The second kappa shape index (κ2) is 28.0. The number of nitrogens with zero attached hydrogens (tertiary/aromatic N) is 2. The van der Waals surface area contributed by atoms with Gasteiger partial charge in [0.1, 0.15) is 0 Å². The summed E-state index contributed by atoms with van der Waals surface area (Å²) in [6.45, 7) is 23.2. The van der Waals surface area contributed by atoms with Gasteiger partial charge in [-0.1, -0.05) is 158 Å². The van der Waals surface area contributed by atoms with Crippen LogP contribution >= 0.6 is 0 Å². The summed E-state index contributed by atoms with van der Waals surface area (Å²) in [5.74, 6) is 0. The second-order valence-electron chi connectivity index (χ2n) is 12.1. The van der Waals surface area contributed by atoms with Gasteiger partial charge in [-0.3, -0.25) is 9.80 Å². The number of unbranched alkanes of at least 4 members (excludes halogenated alkanes) is 14. The number of hydrogen-bond acceptors (Lipinski definition) is 3. The molecule has 39 heavy (non-hydrogen) atoms. The number of ether oxygens (including phenoxy) is 1. The fourth-order valence-electron chi connectivity index (χ4n) is 6.71. The summed E-state index contributed by atoms with van der Waals surface area (Å²) in [6, 6.07) is 1.11. The Kier molecular flexibility index (Phi) is 27.9. The molecular weight excluding hydrogens is 476 g/mol. The van der Waals surface area contributed by atoms with E-state index in [9.17, 15) is 0 Å². The van der Waals surface area contributed by atoms with Gasteiger partial charge in [0.2, 0.25) is 0 Å². The van der Waals surface area contributed by atoms with Gasteiger partial charge >= 0.3 is 0 Å². The third-order valence-electron chi connectivity index (χ3n) is 9.28. The molecule has 4 unspecified atom stereocenters. The van der Waals surface area contributed by atoms with Gasteiger partial charge < -0.3 is 4.74 Å². The van der Waals surface area contributed by atoms with E-state index in [0.29, 0.717) is 24.3 Å². The summed E-state index contributed by atoms with van der Waals surface area (Å²) in [5, 5.41) is 0. The molecule has 0 rings (SSSR count). The summed E-state index contributed by atoms with van der Waals surface area (Å²) in [6.07, 6.45) is 27.9. The topological polar surface area (TPSA) is 15.7 Å². The van der Waals surface area contributed by atoms with Crippen LogP contribution in [-0.2, 0) is 4.74 Å². The molecule has 0 heterocycles. The molecule has 0 aromatic rings. The SMILES string of the molecule is CCCCCCCCCCC(C(CC)OC(CC)C(CCCCCCCCCC)N(CC)CC)N(CC)CC. The molecule has 0 saturated heterocycles. The lowest BCUT2D eigenvalue weighted by Crippen LogP contribution is -2.50. The van der Waals surface area contributed by atoms with E-state index in [2.05, 4.69) is 65.2 Å². The van der Waals surface area contributed by atoms with E-state index in [1.807, 2.05) is 0 Å². The van der Waals surface area contributed by atoms with Crippen molar-refractivity contribution in [1.82, 2.24) is 9.80 Å². The summed E-state index contributed by atoms with van der Waals surface area (Å²) in [7, 11) is 0. The zero-order chi connectivity index (χ0) is 29.1. The van der Waals surface area contributed by atoms with Crippen LogP contribution in [0.5, 0.6) is 0 Å². The van der Waals surface area contributed by atoms with Crippen LogP contribution in [0.1, 0.15) is 184 Å². The summed E-state index contributed by atoms with van der Waals surface area (Å²) < 4.78 is 7.20. The average molecular weight is 553 g/mol. The van der Waals surface area contributed by atoms with Crippen molar-refractivity contribution < 1.29 is 4.74 Å². The minimum atomic E-state index is 0.344. The van der Waals surface area contributed by atoms with E-state index >= 15 is 0 Å². The number of hydrogen-bond donors (Lipinski definition) is 0. The molecule has 0 saturated carbocycles.